The molecule has 0 spiro atoms. The number of primary amides is 1. The molecular formula is C22H23N7O4S. The molecule has 0 bridgehead atoms. The van der Waals surface area contributed by atoms with E-state index in [0.29, 0.717) is 60.7 Å². The third-order valence-corrected chi connectivity index (χ3v) is 7.75. The molecule has 0 aromatic carbocycles. The van der Waals surface area contributed by atoms with Crippen molar-refractivity contribution in [2.45, 2.75) is 43.3 Å². The molecule has 3 aromatic heterocycles. The smallest absolute Gasteiger partial charge is 0.267 e. The van der Waals surface area contributed by atoms with Crippen LogP contribution in [0.15, 0.2) is 36.9 Å². The fourth-order valence-corrected chi connectivity index (χ4v) is 5.20. The molecule has 34 heavy (non-hydrogen) atoms. The van der Waals surface area contributed by atoms with Crippen LogP contribution in [-0.2, 0) is 15.4 Å². The summed E-state index contributed by atoms with van der Waals surface area (Å²) >= 11 is 0. The lowest BCUT2D eigenvalue weighted by Gasteiger charge is -2.19. The van der Waals surface area contributed by atoms with Crippen molar-refractivity contribution in [3.63, 3.8) is 0 Å². The maximum absolute atomic E-state index is 12.3. The van der Waals surface area contributed by atoms with Gasteiger partial charge in [-0.1, -0.05) is 0 Å². The lowest BCUT2D eigenvalue weighted by Crippen LogP contribution is -2.23. The standard InChI is InChI=1S/C22H23N7O4S/c1-2-33-18-12-24-11-16(27-18)13-9-15(19(20(23)30)26-10-13)22(6-7-22)17-5-8-25-21(28-17)29-34(31,32)14-3-4-14/h5,8-12,14H,2-4,6-7H2,1H3,(H2,23,30)(H,25,28,29). The van der Waals surface area contributed by atoms with Crippen molar-refractivity contribution in [1.29, 1.82) is 0 Å². The van der Waals surface area contributed by atoms with Gasteiger partial charge in [0.2, 0.25) is 21.9 Å². The molecule has 3 heterocycles. The highest BCUT2D eigenvalue weighted by atomic mass is 32.2. The van der Waals surface area contributed by atoms with Gasteiger partial charge in [-0.15, -0.1) is 0 Å². The number of pyridine rings is 1. The molecule has 12 heteroatoms. The van der Waals surface area contributed by atoms with Gasteiger partial charge in [-0.25, -0.2) is 23.4 Å². The van der Waals surface area contributed by atoms with E-state index in [9.17, 15) is 13.2 Å². The highest BCUT2D eigenvalue weighted by Gasteiger charge is 2.50. The Kier molecular flexibility index (Phi) is 5.39. The lowest BCUT2D eigenvalue weighted by molar-refractivity contribution is 0.0994. The SMILES string of the molecule is CCOc1cncc(-c2cnc(C(N)=O)c(C3(c4ccnc(NS(=O)(=O)C5CC5)n4)CC3)c2)n1. The summed E-state index contributed by atoms with van der Waals surface area (Å²) in [6.07, 6.45) is 8.78. The molecule has 2 aliphatic carbocycles. The van der Waals surface area contributed by atoms with Gasteiger partial charge in [-0.05, 0) is 50.3 Å². The van der Waals surface area contributed by atoms with Crippen molar-refractivity contribution < 1.29 is 17.9 Å². The predicted octanol–water partition coefficient (Wildman–Crippen LogP) is 1.81. The summed E-state index contributed by atoms with van der Waals surface area (Å²) in [5.74, 6) is -0.272. The molecule has 176 valence electrons. The molecule has 0 radical (unpaired) electrons. The zero-order valence-corrected chi connectivity index (χ0v) is 19.2. The molecule has 0 unspecified atom stereocenters. The average molecular weight is 482 g/mol. The van der Waals surface area contributed by atoms with Gasteiger partial charge in [0.25, 0.3) is 5.91 Å². The van der Waals surface area contributed by atoms with Gasteiger partial charge in [0.05, 0.1) is 35.6 Å². The first-order valence-corrected chi connectivity index (χ1v) is 12.5. The van der Waals surface area contributed by atoms with Crippen LogP contribution in [0.4, 0.5) is 5.95 Å². The number of carbonyl (C=O) groups excluding carboxylic acids is 1. The molecule has 0 aliphatic heterocycles. The minimum atomic E-state index is -3.51. The van der Waals surface area contributed by atoms with E-state index in [1.807, 2.05) is 13.0 Å². The number of hydrogen-bond donors (Lipinski definition) is 2. The van der Waals surface area contributed by atoms with Crippen LogP contribution in [0.5, 0.6) is 5.88 Å². The van der Waals surface area contributed by atoms with Crippen LogP contribution in [0.3, 0.4) is 0 Å². The third-order valence-electron chi connectivity index (χ3n) is 5.93. The molecule has 2 saturated carbocycles. The largest absolute Gasteiger partial charge is 0.477 e. The van der Waals surface area contributed by atoms with Gasteiger partial charge in [0, 0.05) is 23.4 Å². The lowest BCUT2D eigenvalue weighted by atomic mass is 9.89. The molecule has 1 amide bonds. The van der Waals surface area contributed by atoms with E-state index in [1.54, 1.807) is 12.3 Å². The highest BCUT2D eigenvalue weighted by Crippen LogP contribution is 2.54. The summed E-state index contributed by atoms with van der Waals surface area (Å²) in [7, 11) is -3.51. The fraction of sp³-hybridized carbons (Fsp3) is 0.364. The van der Waals surface area contributed by atoms with Crippen LogP contribution in [0.2, 0.25) is 0 Å². The van der Waals surface area contributed by atoms with Gasteiger partial charge >= 0.3 is 0 Å². The molecule has 3 aromatic rings. The van der Waals surface area contributed by atoms with Gasteiger partial charge in [-0.2, -0.15) is 0 Å². The Morgan fingerprint density at radius 3 is 2.68 bits per heavy atom. The van der Waals surface area contributed by atoms with Crippen LogP contribution in [0.25, 0.3) is 11.3 Å². The molecule has 2 fully saturated rings. The van der Waals surface area contributed by atoms with E-state index in [0.717, 1.165) is 0 Å². The maximum Gasteiger partial charge on any atom is 0.267 e. The Balaban J connectivity index is 1.55. The minimum absolute atomic E-state index is 0.00990. The van der Waals surface area contributed by atoms with Crippen LogP contribution in [0, 0.1) is 0 Å². The molecule has 0 saturated heterocycles. The normalized spacial score (nSPS) is 16.6. The number of rotatable bonds is 9. The third kappa shape index (κ3) is 4.16. The van der Waals surface area contributed by atoms with Crippen LogP contribution >= 0.6 is 0 Å². The Morgan fingerprint density at radius 1 is 1.21 bits per heavy atom. The number of carbonyl (C=O) groups is 1. The second kappa shape index (κ2) is 8.28. The summed E-state index contributed by atoms with van der Waals surface area (Å²) in [6, 6.07) is 3.53. The summed E-state index contributed by atoms with van der Waals surface area (Å²) in [4.78, 5) is 33.8. The molecule has 2 aliphatic rings. The zero-order chi connectivity index (χ0) is 23.9. The van der Waals surface area contributed by atoms with E-state index < -0.39 is 26.6 Å². The first-order valence-electron chi connectivity index (χ1n) is 10.9. The Bertz CT molecular complexity index is 1370. The van der Waals surface area contributed by atoms with Crippen molar-refractivity contribution >= 4 is 21.9 Å². The summed E-state index contributed by atoms with van der Waals surface area (Å²) in [5.41, 5.74) is 7.52. The molecule has 11 nitrogen and oxygen atoms in total. The molecule has 0 atom stereocenters. The van der Waals surface area contributed by atoms with E-state index in [4.69, 9.17) is 10.5 Å². The predicted molar refractivity (Wildman–Crippen MR) is 123 cm³/mol. The van der Waals surface area contributed by atoms with Gasteiger partial charge in [0.15, 0.2) is 0 Å². The van der Waals surface area contributed by atoms with E-state index >= 15 is 0 Å². The zero-order valence-electron chi connectivity index (χ0n) is 18.4. The molecule has 3 N–H and O–H groups in total. The van der Waals surface area contributed by atoms with Crippen molar-refractivity contribution in [3.8, 4) is 17.1 Å². The van der Waals surface area contributed by atoms with Crippen molar-refractivity contribution in [3.05, 3.63) is 53.9 Å². The number of amides is 1. The van der Waals surface area contributed by atoms with Gasteiger partial charge < -0.3 is 10.5 Å². The van der Waals surface area contributed by atoms with E-state index in [-0.39, 0.29) is 11.6 Å². The Morgan fingerprint density at radius 2 is 2.00 bits per heavy atom. The number of hydrogen-bond acceptors (Lipinski definition) is 9. The maximum atomic E-state index is 12.3. The average Bonchev–Trinajstić information content (AvgIpc) is 3.72. The molecule has 5 rings (SSSR count). The Hall–Kier alpha value is -3.67. The van der Waals surface area contributed by atoms with Crippen molar-refractivity contribution in [2.24, 2.45) is 5.73 Å². The monoisotopic (exact) mass is 481 g/mol. The summed E-state index contributed by atoms with van der Waals surface area (Å²) in [5, 5.41) is -0.398. The quantitative estimate of drug-likeness (QED) is 0.464. The topological polar surface area (TPSA) is 163 Å². The molecular weight excluding hydrogens is 458 g/mol. The van der Waals surface area contributed by atoms with Crippen LogP contribution in [0.1, 0.15) is 54.4 Å². The number of anilines is 1. The minimum Gasteiger partial charge on any atom is -0.477 e. The number of aromatic nitrogens is 5. The number of nitrogens with two attached hydrogens (primary N) is 1. The Labute approximate surface area is 196 Å². The van der Waals surface area contributed by atoms with Crippen molar-refractivity contribution in [2.75, 3.05) is 11.3 Å². The summed E-state index contributed by atoms with van der Waals surface area (Å²) < 4.78 is 32.6. The van der Waals surface area contributed by atoms with Gasteiger partial charge in [0.1, 0.15) is 5.69 Å². The van der Waals surface area contributed by atoms with Crippen molar-refractivity contribution in [1.82, 2.24) is 24.9 Å². The summed E-state index contributed by atoms with van der Waals surface area (Å²) in [6.45, 7) is 2.30. The second-order valence-electron chi connectivity index (χ2n) is 8.35. The van der Waals surface area contributed by atoms with Crippen LogP contribution < -0.4 is 15.2 Å². The number of ether oxygens (including phenoxy) is 1. The number of nitrogens with one attached hydrogen (secondary N) is 1. The van der Waals surface area contributed by atoms with E-state index in [1.165, 1.54) is 18.6 Å². The number of nitrogens with zero attached hydrogens (tertiary/aromatic N) is 5. The first kappa shape index (κ1) is 22.1. The highest BCUT2D eigenvalue weighted by molar-refractivity contribution is 7.93. The van der Waals surface area contributed by atoms with Crippen LogP contribution in [-0.4, -0.2) is 51.1 Å². The second-order valence-corrected chi connectivity index (χ2v) is 10.3. The van der Waals surface area contributed by atoms with E-state index in [2.05, 4.69) is 29.6 Å². The fourth-order valence-electron chi connectivity index (χ4n) is 3.92. The van der Waals surface area contributed by atoms with Gasteiger partial charge in [-0.3, -0.25) is 19.5 Å². The first-order chi connectivity index (χ1) is 16.3. The number of sulfonamides is 1.